The van der Waals surface area contributed by atoms with E-state index in [0.29, 0.717) is 28.6 Å². The number of thiazole rings is 1. The van der Waals surface area contributed by atoms with E-state index in [1.54, 1.807) is 4.52 Å². The Bertz CT molecular complexity index is 929. The molecule has 3 aromatic rings. The predicted molar refractivity (Wildman–Crippen MR) is 89.3 cm³/mol. The van der Waals surface area contributed by atoms with Gasteiger partial charge in [0.2, 0.25) is 5.91 Å². The van der Waals surface area contributed by atoms with Crippen molar-refractivity contribution < 1.29 is 9.59 Å². The van der Waals surface area contributed by atoms with Crippen LogP contribution in [0.3, 0.4) is 0 Å². The third kappa shape index (κ3) is 3.16. The zero-order valence-corrected chi connectivity index (χ0v) is 14.3. The summed E-state index contributed by atoms with van der Waals surface area (Å²) in [7, 11) is 0. The first-order valence-corrected chi connectivity index (χ1v) is 8.20. The minimum atomic E-state index is -0.156. The summed E-state index contributed by atoms with van der Waals surface area (Å²) in [6.45, 7) is 5.30. The van der Waals surface area contributed by atoms with Crippen molar-refractivity contribution >= 4 is 33.9 Å². The second-order valence-corrected chi connectivity index (χ2v) is 6.40. The molecule has 0 atom stereocenters. The van der Waals surface area contributed by atoms with Gasteiger partial charge >= 0.3 is 0 Å². The highest BCUT2D eigenvalue weighted by molar-refractivity contribution is 7.17. The fourth-order valence-corrected chi connectivity index (χ4v) is 3.16. The molecule has 1 N–H and O–H groups in total. The largest absolute Gasteiger partial charge is 0.302 e. The average Bonchev–Trinajstić information content (AvgIpc) is 3.16. The fraction of sp³-hybridized carbons (Fsp3) is 0.333. The Hall–Kier alpha value is -2.68. The summed E-state index contributed by atoms with van der Waals surface area (Å²) in [5.74, 6) is 0.334. The number of aryl methyl sites for hydroxylation is 2. The number of hydrogen-bond acceptors (Lipinski definition) is 7. The van der Waals surface area contributed by atoms with E-state index < -0.39 is 0 Å². The van der Waals surface area contributed by atoms with E-state index in [0.717, 1.165) is 17.0 Å². The molecule has 0 aliphatic rings. The molecule has 0 spiro atoms. The molecule has 9 heteroatoms. The van der Waals surface area contributed by atoms with Crippen molar-refractivity contribution in [1.82, 2.24) is 24.6 Å². The molecule has 1 amide bonds. The van der Waals surface area contributed by atoms with E-state index in [1.165, 1.54) is 30.8 Å². The minimum absolute atomic E-state index is 0.0635. The first-order chi connectivity index (χ1) is 11.5. The van der Waals surface area contributed by atoms with Gasteiger partial charge in [-0.25, -0.2) is 14.5 Å². The molecule has 0 saturated heterocycles. The van der Waals surface area contributed by atoms with Crippen LogP contribution in [0.15, 0.2) is 12.5 Å². The van der Waals surface area contributed by atoms with Crippen molar-refractivity contribution in [3.8, 4) is 0 Å². The number of nitrogens with one attached hydrogen (secondary N) is 1. The molecule has 0 radical (unpaired) electrons. The molecular formula is C15H16N6O2S. The SMILES string of the molecule is CC(=O)c1cnc(NC(=O)CCc2c(C)nc3ncnn3c2C)s1. The zero-order chi connectivity index (χ0) is 17.3. The van der Waals surface area contributed by atoms with Gasteiger partial charge in [0.1, 0.15) is 6.33 Å². The lowest BCUT2D eigenvalue weighted by Gasteiger charge is -2.10. The molecule has 24 heavy (non-hydrogen) atoms. The van der Waals surface area contributed by atoms with Crippen molar-refractivity contribution in [2.75, 3.05) is 5.32 Å². The lowest BCUT2D eigenvalue weighted by Crippen LogP contribution is -2.14. The molecule has 3 heterocycles. The van der Waals surface area contributed by atoms with Gasteiger partial charge in [-0.05, 0) is 25.8 Å². The lowest BCUT2D eigenvalue weighted by molar-refractivity contribution is -0.116. The van der Waals surface area contributed by atoms with Gasteiger partial charge in [0.25, 0.3) is 5.78 Å². The molecule has 0 unspecified atom stereocenters. The fourth-order valence-electron chi connectivity index (χ4n) is 2.43. The van der Waals surface area contributed by atoms with Gasteiger partial charge in [0.05, 0.1) is 11.1 Å². The highest BCUT2D eigenvalue weighted by Crippen LogP contribution is 2.19. The second-order valence-electron chi connectivity index (χ2n) is 5.37. The molecule has 3 aromatic heterocycles. The molecule has 0 bridgehead atoms. The Kier molecular flexibility index (Phi) is 4.34. The number of aromatic nitrogens is 5. The van der Waals surface area contributed by atoms with Gasteiger partial charge in [0, 0.05) is 24.7 Å². The first kappa shape index (κ1) is 16.2. The summed E-state index contributed by atoms with van der Waals surface area (Å²) in [5.41, 5.74) is 2.75. The summed E-state index contributed by atoms with van der Waals surface area (Å²) in [6, 6.07) is 0. The molecule has 0 aromatic carbocycles. The number of anilines is 1. The van der Waals surface area contributed by atoms with Crippen LogP contribution >= 0.6 is 11.3 Å². The average molecular weight is 344 g/mol. The number of carbonyl (C=O) groups excluding carboxylic acids is 2. The number of ketones is 1. The van der Waals surface area contributed by atoms with E-state index in [9.17, 15) is 9.59 Å². The quantitative estimate of drug-likeness (QED) is 0.710. The van der Waals surface area contributed by atoms with Crippen LogP contribution in [0, 0.1) is 13.8 Å². The Morgan fingerprint density at radius 2 is 2.08 bits per heavy atom. The maximum atomic E-state index is 12.1. The summed E-state index contributed by atoms with van der Waals surface area (Å²) in [5, 5.41) is 7.29. The molecule has 0 aliphatic heterocycles. The van der Waals surface area contributed by atoms with E-state index in [-0.39, 0.29) is 11.7 Å². The van der Waals surface area contributed by atoms with Crippen LogP contribution in [0.5, 0.6) is 0 Å². The van der Waals surface area contributed by atoms with Crippen molar-refractivity contribution in [2.45, 2.75) is 33.6 Å². The third-order valence-electron chi connectivity index (χ3n) is 3.69. The van der Waals surface area contributed by atoms with E-state index in [1.807, 2.05) is 13.8 Å². The van der Waals surface area contributed by atoms with Crippen molar-refractivity contribution in [3.63, 3.8) is 0 Å². The Balaban J connectivity index is 1.68. The maximum Gasteiger partial charge on any atom is 0.252 e. The Morgan fingerprint density at radius 3 is 2.79 bits per heavy atom. The highest BCUT2D eigenvalue weighted by Gasteiger charge is 2.14. The smallest absolute Gasteiger partial charge is 0.252 e. The molecule has 8 nitrogen and oxygen atoms in total. The summed E-state index contributed by atoms with van der Waals surface area (Å²) in [6.07, 6.45) is 3.76. The van der Waals surface area contributed by atoms with Crippen LogP contribution in [0.2, 0.25) is 0 Å². The number of rotatable bonds is 5. The molecule has 0 saturated carbocycles. The number of nitrogens with zero attached hydrogens (tertiary/aromatic N) is 5. The normalized spacial score (nSPS) is 11.0. The minimum Gasteiger partial charge on any atom is -0.302 e. The van der Waals surface area contributed by atoms with Gasteiger partial charge in [-0.2, -0.15) is 10.1 Å². The predicted octanol–water partition coefficient (Wildman–Crippen LogP) is 1.97. The molecule has 3 rings (SSSR count). The standard InChI is InChI=1S/C15H16N6O2S/c1-8-11(9(2)21-14(19-8)17-7-18-21)4-5-13(23)20-15-16-6-12(24-15)10(3)22/h6-7H,4-5H2,1-3H3,(H,16,20,23). The monoisotopic (exact) mass is 344 g/mol. The number of amides is 1. The summed E-state index contributed by atoms with van der Waals surface area (Å²) >= 11 is 1.17. The van der Waals surface area contributed by atoms with Crippen LogP contribution in [0.25, 0.3) is 5.78 Å². The lowest BCUT2D eigenvalue weighted by atomic mass is 10.1. The molecule has 0 aliphatic carbocycles. The van der Waals surface area contributed by atoms with Crippen LogP contribution in [0.4, 0.5) is 5.13 Å². The van der Waals surface area contributed by atoms with Crippen molar-refractivity contribution in [1.29, 1.82) is 0 Å². The molecule has 124 valence electrons. The highest BCUT2D eigenvalue weighted by atomic mass is 32.1. The Labute approximate surface area is 142 Å². The number of carbonyl (C=O) groups is 2. The van der Waals surface area contributed by atoms with Gasteiger partial charge in [-0.15, -0.1) is 0 Å². The van der Waals surface area contributed by atoms with E-state index in [2.05, 4.69) is 25.4 Å². The third-order valence-corrected chi connectivity index (χ3v) is 4.70. The summed E-state index contributed by atoms with van der Waals surface area (Å²) < 4.78 is 1.67. The van der Waals surface area contributed by atoms with Gasteiger partial charge in [-0.3, -0.25) is 9.59 Å². The van der Waals surface area contributed by atoms with Crippen LogP contribution in [-0.2, 0) is 11.2 Å². The number of Topliss-reactive ketones (excluding diaryl/α,β-unsaturated/α-hetero) is 1. The number of fused-ring (bicyclic) bond motifs is 1. The summed E-state index contributed by atoms with van der Waals surface area (Å²) in [4.78, 5) is 36.4. The van der Waals surface area contributed by atoms with Crippen LogP contribution in [0.1, 0.15) is 40.0 Å². The molecular weight excluding hydrogens is 328 g/mol. The topological polar surface area (TPSA) is 102 Å². The molecule has 0 fully saturated rings. The van der Waals surface area contributed by atoms with Gasteiger partial charge in [-0.1, -0.05) is 11.3 Å². The van der Waals surface area contributed by atoms with Crippen molar-refractivity contribution in [2.24, 2.45) is 0 Å². The maximum absolute atomic E-state index is 12.1. The van der Waals surface area contributed by atoms with Crippen LogP contribution < -0.4 is 5.32 Å². The van der Waals surface area contributed by atoms with Crippen molar-refractivity contribution in [3.05, 3.63) is 34.4 Å². The van der Waals surface area contributed by atoms with Gasteiger partial charge < -0.3 is 5.32 Å². The second kappa shape index (κ2) is 6.44. The van der Waals surface area contributed by atoms with E-state index >= 15 is 0 Å². The zero-order valence-electron chi connectivity index (χ0n) is 13.5. The van der Waals surface area contributed by atoms with Gasteiger partial charge in [0.15, 0.2) is 10.9 Å². The Morgan fingerprint density at radius 1 is 1.29 bits per heavy atom. The number of hydrogen-bond donors (Lipinski definition) is 1. The first-order valence-electron chi connectivity index (χ1n) is 7.38. The van der Waals surface area contributed by atoms with Crippen LogP contribution in [-0.4, -0.2) is 36.3 Å². The van der Waals surface area contributed by atoms with E-state index in [4.69, 9.17) is 0 Å².